The van der Waals surface area contributed by atoms with Crippen LogP contribution in [0.25, 0.3) is 5.69 Å². The number of nitrogens with one attached hydrogen (secondary N) is 1. The van der Waals surface area contributed by atoms with Gasteiger partial charge in [-0.25, -0.2) is 4.99 Å². The van der Waals surface area contributed by atoms with Gasteiger partial charge < -0.3 is 9.88 Å². The summed E-state index contributed by atoms with van der Waals surface area (Å²) in [6, 6.07) is 11.1. The fourth-order valence-electron chi connectivity index (χ4n) is 5.52. The Balaban J connectivity index is 1.46. The van der Waals surface area contributed by atoms with Crippen LogP contribution in [-0.2, 0) is 12.8 Å². The first-order valence-electron chi connectivity index (χ1n) is 12.8. The molecule has 3 aromatic rings. The molecule has 178 valence electrons. The predicted octanol–water partition coefficient (Wildman–Crippen LogP) is 7.16. The van der Waals surface area contributed by atoms with E-state index in [0.29, 0.717) is 6.04 Å². The van der Waals surface area contributed by atoms with E-state index in [2.05, 4.69) is 61.0 Å². The van der Waals surface area contributed by atoms with Gasteiger partial charge in [-0.1, -0.05) is 37.0 Å². The Hall–Kier alpha value is -2.66. The number of carbonyl (C=O) groups excluding carboxylic acids is 1. The van der Waals surface area contributed by atoms with Crippen LogP contribution < -0.4 is 5.32 Å². The zero-order chi connectivity index (χ0) is 23.7. The van der Waals surface area contributed by atoms with Gasteiger partial charge in [0, 0.05) is 39.8 Å². The first-order chi connectivity index (χ1) is 16.5. The average Bonchev–Trinajstić information content (AvgIpc) is 3.35. The van der Waals surface area contributed by atoms with Crippen LogP contribution in [0.2, 0.25) is 0 Å². The molecule has 2 aliphatic rings. The van der Waals surface area contributed by atoms with Gasteiger partial charge in [-0.3, -0.25) is 4.79 Å². The number of rotatable bonds is 5. The molecule has 0 bridgehead atoms. The summed E-state index contributed by atoms with van der Waals surface area (Å²) in [6.07, 6.45) is 12.3. The van der Waals surface area contributed by atoms with Gasteiger partial charge in [0.2, 0.25) is 0 Å². The molecule has 2 heterocycles. The van der Waals surface area contributed by atoms with E-state index >= 15 is 0 Å². The van der Waals surface area contributed by atoms with Crippen LogP contribution in [0, 0.1) is 20.8 Å². The lowest BCUT2D eigenvalue weighted by molar-refractivity contribution is 0.0927. The molecule has 2 aromatic heterocycles. The molecule has 5 rings (SSSR count). The van der Waals surface area contributed by atoms with Gasteiger partial charge in [-0.2, -0.15) is 0 Å². The highest BCUT2D eigenvalue weighted by Gasteiger charge is 2.27. The third-order valence-corrected chi connectivity index (χ3v) is 8.60. The van der Waals surface area contributed by atoms with Crippen molar-refractivity contribution in [3.05, 3.63) is 68.9 Å². The minimum Gasteiger partial charge on any atom is -0.349 e. The van der Waals surface area contributed by atoms with Gasteiger partial charge in [0.05, 0.1) is 5.56 Å². The lowest BCUT2D eigenvalue weighted by Crippen LogP contribution is -2.36. The number of aromatic nitrogens is 1. The molecule has 4 nitrogen and oxygen atoms in total. The van der Waals surface area contributed by atoms with Crippen LogP contribution in [0.3, 0.4) is 0 Å². The molecule has 1 saturated carbocycles. The van der Waals surface area contributed by atoms with Gasteiger partial charge in [-0.05, 0) is 83.1 Å². The molecule has 34 heavy (non-hydrogen) atoms. The lowest BCUT2D eigenvalue weighted by atomic mass is 9.93. The van der Waals surface area contributed by atoms with Crippen LogP contribution in [0.15, 0.2) is 35.3 Å². The average molecular weight is 474 g/mol. The highest BCUT2D eigenvalue weighted by molar-refractivity contribution is 7.16. The molecule has 0 saturated heterocycles. The third-order valence-electron chi connectivity index (χ3n) is 7.40. The van der Waals surface area contributed by atoms with Crippen molar-refractivity contribution in [2.75, 3.05) is 0 Å². The maximum atomic E-state index is 13.4. The Morgan fingerprint density at radius 1 is 1.03 bits per heavy atom. The Morgan fingerprint density at radius 3 is 2.53 bits per heavy atom. The topological polar surface area (TPSA) is 46.4 Å². The van der Waals surface area contributed by atoms with Crippen LogP contribution in [-0.4, -0.2) is 22.7 Å². The van der Waals surface area contributed by atoms with E-state index in [4.69, 9.17) is 4.99 Å². The van der Waals surface area contributed by atoms with Crippen LogP contribution in [0.5, 0.6) is 0 Å². The van der Waals surface area contributed by atoms with E-state index in [9.17, 15) is 4.79 Å². The number of hydrogen-bond acceptors (Lipinski definition) is 3. The van der Waals surface area contributed by atoms with Crippen molar-refractivity contribution in [3.63, 3.8) is 0 Å². The molecule has 1 fully saturated rings. The van der Waals surface area contributed by atoms with Crippen LogP contribution in [0.1, 0.15) is 88.3 Å². The third kappa shape index (κ3) is 4.63. The number of amides is 1. The highest BCUT2D eigenvalue weighted by Crippen LogP contribution is 2.40. The summed E-state index contributed by atoms with van der Waals surface area (Å²) in [5, 5.41) is 4.23. The fourth-order valence-corrected chi connectivity index (χ4v) is 6.75. The molecule has 0 radical (unpaired) electrons. The van der Waals surface area contributed by atoms with E-state index in [1.165, 1.54) is 58.8 Å². The number of benzene rings is 1. The van der Waals surface area contributed by atoms with Crippen molar-refractivity contribution >= 4 is 28.5 Å². The maximum Gasteiger partial charge on any atom is 0.254 e. The molecule has 0 aliphatic heterocycles. The van der Waals surface area contributed by atoms with Crippen molar-refractivity contribution in [1.29, 1.82) is 0 Å². The summed E-state index contributed by atoms with van der Waals surface area (Å²) < 4.78 is 2.27. The van der Waals surface area contributed by atoms with Gasteiger partial charge in [0.25, 0.3) is 5.91 Å². The number of fused-ring (bicyclic) bond motifs is 1. The Morgan fingerprint density at radius 2 is 1.76 bits per heavy atom. The molecule has 0 unspecified atom stereocenters. The largest absolute Gasteiger partial charge is 0.349 e. The molecule has 0 atom stereocenters. The number of carbonyl (C=O) groups is 1. The number of nitrogens with zero attached hydrogens (tertiary/aromatic N) is 2. The minimum absolute atomic E-state index is 0.0866. The molecular weight excluding hydrogens is 438 g/mol. The second kappa shape index (κ2) is 9.91. The van der Waals surface area contributed by atoms with E-state index in [1.807, 2.05) is 6.21 Å². The van der Waals surface area contributed by atoms with Crippen molar-refractivity contribution in [3.8, 4) is 5.69 Å². The lowest BCUT2D eigenvalue weighted by Gasteiger charge is -2.23. The SMILES string of the molecule is Cc1ccc(-n2c(C)cc(/C=N\c3sc4c(c3C(=O)NC3CCCCC3)CCCC4)c2C)cc1. The summed E-state index contributed by atoms with van der Waals surface area (Å²) in [6.45, 7) is 6.39. The Kier molecular flexibility index (Phi) is 6.73. The fraction of sp³-hybridized carbons (Fsp3) is 0.448. The number of aryl methyl sites for hydroxylation is 3. The standard InChI is InChI=1S/C29H35N3OS/c1-19-13-15-24(16-14-19)32-20(2)17-22(21(32)3)18-30-29-27(25-11-7-8-12-26(25)34-29)28(33)31-23-9-5-4-6-10-23/h13-18,23H,4-12H2,1-3H3,(H,31,33)/b30-18-. The number of aliphatic imine (C=N–C) groups is 1. The van der Waals surface area contributed by atoms with E-state index < -0.39 is 0 Å². The van der Waals surface area contributed by atoms with E-state index in [0.717, 1.165) is 48.2 Å². The Bertz CT molecular complexity index is 1210. The van der Waals surface area contributed by atoms with Crippen molar-refractivity contribution in [2.24, 2.45) is 4.99 Å². The molecule has 1 aromatic carbocycles. The first kappa shape index (κ1) is 23.1. The van der Waals surface area contributed by atoms with Crippen molar-refractivity contribution in [2.45, 2.75) is 84.6 Å². The number of thiophene rings is 1. The number of hydrogen-bond donors (Lipinski definition) is 1. The van der Waals surface area contributed by atoms with Gasteiger partial charge in [0.1, 0.15) is 5.00 Å². The molecule has 2 aliphatic carbocycles. The second-order valence-corrected chi connectivity index (χ2v) is 11.0. The maximum absolute atomic E-state index is 13.4. The summed E-state index contributed by atoms with van der Waals surface area (Å²) in [5.74, 6) is 0.0866. The summed E-state index contributed by atoms with van der Waals surface area (Å²) in [7, 11) is 0. The second-order valence-electron chi connectivity index (χ2n) is 9.96. The monoisotopic (exact) mass is 473 g/mol. The Labute approximate surface area is 207 Å². The minimum atomic E-state index is 0.0866. The zero-order valence-corrected chi connectivity index (χ0v) is 21.4. The molecule has 1 N–H and O–H groups in total. The zero-order valence-electron chi connectivity index (χ0n) is 20.6. The molecule has 0 spiro atoms. The van der Waals surface area contributed by atoms with Gasteiger partial charge in [0.15, 0.2) is 0 Å². The summed E-state index contributed by atoms with van der Waals surface area (Å²) in [5.41, 5.74) is 7.97. The normalized spacial score (nSPS) is 16.7. The first-order valence-corrected chi connectivity index (χ1v) is 13.6. The molecular formula is C29H35N3OS. The van der Waals surface area contributed by atoms with Crippen LogP contribution >= 0.6 is 11.3 Å². The van der Waals surface area contributed by atoms with Crippen LogP contribution in [0.4, 0.5) is 5.00 Å². The van der Waals surface area contributed by atoms with E-state index in [-0.39, 0.29) is 5.91 Å². The molecule has 1 amide bonds. The van der Waals surface area contributed by atoms with Crippen molar-refractivity contribution < 1.29 is 4.79 Å². The van der Waals surface area contributed by atoms with Gasteiger partial charge in [-0.15, -0.1) is 11.3 Å². The summed E-state index contributed by atoms with van der Waals surface area (Å²) >= 11 is 1.72. The van der Waals surface area contributed by atoms with Gasteiger partial charge >= 0.3 is 0 Å². The predicted molar refractivity (Wildman–Crippen MR) is 143 cm³/mol. The smallest absolute Gasteiger partial charge is 0.254 e. The summed E-state index contributed by atoms with van der Waals surface area (Å²) in [4.78, 5) is 19.7. The van der Waals surface area contributed by atoms with Crippen molar-refractivity contribution in [1.82, 2.24) is 9.88 Å². The van der Waals surface area contributed by atoms with E-state index in [1.54, 1.807) is 11.3 Å². The quantitative estimate of drug-likeness (QED) is 0.393. The highest BCUT2D eigenvalue weighted by atomic mass is 32.1. The molecule has 5 heteroatoms.